The maximum Gasteiger partial charge on any atom is 0.262 e. The van der Waals surface area contributed by atoms with Crippen LogP contribution in [0.25, 0.3) is 0 Å². The van der Waals surface area contributed by atoms with Crippen molar-refractivity contribution in [3.05, 3.63) is 53.6 Å². The van der Waals surface area contributed by atoms with Crippen molar-refractivity contribution < 1.29 is 22.7 Å². The van der Waals surface area contributed by atoms with Crippen LogP contribution < -0.4 is 10.1 Å². The van der Waals surface area contributed by atoms with Crippen molar-refractivity contribution in [2.45, 2.75) is 37.3 Å². The van der Waals surface area contributed by atoms with E-state index in [1.807, 2.05) is 31.2 Å². The number of sulfonamides is 1. The molecule has 8 heteroatoms. The highest BCUT2D eigenvalue weighted by Gasteiger charge is 2.30. The van der Waals surface area contributed by atoms with Gasteiger partial charge in [0.15, 0.2) is 6.61 Å². The van der Waals surface area contributed by atoms with Crippen LogP contribution in [-0.4, -0.2) is 44.5 Å². The summed E-state index contributed by atoms with van der Waals surface area (Å²) in [5, 5.41) is 2.67. The van der Waals surface area contributed by atoms with Gasteiger partial charge in [-0.2, -0.15) is 4.31 Å². The first kappa shape index (κ1) is 19.9. The smallest absolute Gasteiger partial charge is 0.262 e. The number of anilines is 1. The van der Waals surface area contributed by atoms with Crippen molar-refractivity contribution in [2.75, 3.05) is 25.1 Å². The first-order valence-corrected chi connectivity index (χ1v) is 11.1. The normalized spacial score (nSPS) is 19.0. The fraction of sp³-hybridized carbons (Fsp3) is 0.381. The van der Waals surface area contributed by atoms with Gasteiger partial charge in [-0.05, 0) is 43.5 Å². The van der Waals surface area contributed by atoms with Gasteiger partial charge in [0.2, 0.25) is 10.0 Å². The molecule has 0 bridgehead atoms. The summed E-state index contributed by atoms with van der Waals surface area (Å²) in [6.07, 6.45) is 1.66. The number of amides is 1. The molecular weight excluding hydrogens is 392 g/mol. The summed E-state index contributed by atoms with van der Waals surface area (Å²) in [7, 11) is -3.80. The molecule has 7 nitrogen and oxygen atoms in total. The molecule has 2 aliphatic rings. The van der Waals surface area contributed by atoms with E-state index < -0.39 is 10.0 Å². The summed E-state index contributed by atoms with van der Waals surface area (Å²) in [5.74, 6) is 0.163. The lowest BCUT2D eigenvalue weighted by Gasteiger charge is -2.26. The van der Waals surface area contributed by atoms with E-state index in [1.54, 1.807) is 6.07 Å². The third kappa shape index (κ3) is 4.44. The number of fused-ring (bicyclic) bond motifs is 1. The molecule has 1 unspecified atom stereocenters. The number of hydrogen-bond acceptors (Lipinski definition) is 5. The standard InChI is InChI=1S/C21H24N2O5S/c1-15-4-2-5-16(10-15)12-23(13-17-6-3-9-27-17)29(25,26)18-7-8-20-19(11-18)22-21(24)14-28-20/h2,4-5,7-8,10-11,17H,3,6,9,12-14H2,1H3,(H,22,24). The van der Waals surface area contributed by atoms with Gasteiger partial charge in [0, 0.05) is 19.7 Å². The minimum Gasteiger partial charge on any atom is -0.482 e. The van der Waals surface area contributed by atoms with Gasteiger partial charge in [-0.1, -0.05) is 29.8 Å². The Balaban J connectivity index is 1.66. The number of carbonyl (C=O) groups excluding carboxylic acids is 1. The van der Waals surface area contributed by atoms with Crippen LogP contribution in [0.2, 0.25) is 0 Å². The maximum atomic E-state index is 13.5. The van der Waals surface area contributed by atoms with Gasteiger partial charge in [-0.15, -0.1) is 0 Å². The Kier molecular flexibility index (Phi) is 5.58. The predicted molar refractivity (Wildman–Crippen MR) is 108 cm³/mol. The van der Waals surface area contributed by atoms with Crippen LogP contribution in [0.1, 0.15) is 24.0 Å². The number of aryl methyl sites for hydroxylation is 1. The average molecular weight is 416 g/mol. The lowest BCUT2D eigenvalue weighted by Crippen LogP contribution is -2.37. The summed E-state index contributed by atoms with van der Waals surface area (Å²) in [4.78, 5) is 11.7. The molecule has 0 aromatic heterocycles. The van der Waals surface area contributed by atoms with Crippen LogP contribution in [0.15, 0.2) is 47.4 Å². The number of rotatable bonds is 6. The molecule has 2 aromatic rings. The van der Waals surface area contributed by atoms with Crippen LogP contribution in [0.4, 0.5) is 5.69 Å². The molecule has 154 valence electrons. The fourth-order valence-electron chi connectivity index (χ4n) is 3.65. The third-order valence-electron chi connectivity index (χ3n) is 5.09. The van der Waals surface area contributed by atoms with Crippen molar-refractivity contribution in [1.29, 1.82) is 0 Å². The Bertz CT molecular complexity index is 1020. The molecule has 4 rings (SSSR count). The van der Waals surface area contributed by atoms with Gasteiger partial charge in [0.25, 0.3) is 5.91 Å². The van der Waals surface area contributed by atoms with Crippen LogP contribution in [0.5, 0.6) is 5.75 Å². The zero-order chi connectivity index (χ0) is 20.4. The zero-order valence-electron chi connectivity index (χ0n) is 16.3. The van der Waals surface area contributed by atoms with Gasteiger partial charge in [-0.3, -0.25) is 4.79 Å². The quantitative estimate of drug-likeness (QED) is 0.783. The summed E-state index contributed by atoms with van der Waals surface area (Å²) in [5.41, 5.74) is 2.36. The monoisotopic (exact) mass is 416 g/mol. The topological polar surface area (TPSA) is 84.9 Å². The van der Waals surface area contributed by atoms with E-state index >= 15 is 0 Å². The molecule has 2 aromatic carbocycles. The first-order valence-electron chi connectivity index (χ1n) is 9.66. The number of ether oxygens (including phenoxy) is 2. The maximum absolute atomic E-state index is 13.5. The highest BCUT2D eigenvalue weighted by molar-refractivity contribution is 7.89. The molecule has 1 fully saturated rings. The Labute approximate surface area is 170 Å². The van der Waals surface area contributed by atoms with Gasteiger partial charge in [0.05, 0.1) is 16.7 Å². The molecule has 0 aliphatic carbocycles. The molecule has 1 atom stereocenters. The molecule has 0 saturated carbocycles. The summed E-state index contributed by atoms with van der Waals surface area (Å²) in [6.45, 7) is 3.11. The van der Waals surface area contributed by atoms with Crippen LogP contribution in [0.3, 0.4) is 0 Å². The Morgan fingerprint density at radius 2 is 2.07 bits per heavy atom. The molecule has 2 heterocycles. The second-order valence-corrected chi connectivity index (χ2v) is 9.35. The summed E-state index contributed by atoms with van der Waals surface area (Å²) < 4.78 is 39.5. The SMILES string of the molecule is Cc1cccc(CN(CC2CCCO2)S(=O)(=O)c2ccc3c(c2)NC(=O)CO3)c1. The Morgan fingerprint density at radius 1 is 1.21 bits per heavy atom. The number of nitrogens with zero attached hydrogens (tertiary/aromatic N) is 1. The van der Waals surface area contributed by atoms with Crippen molar-refractivity contribution in [2.24, 2.45) is 0 Å². The molecular formula is C21H24N2O5S. The van der Waals surface area contributed by atoms with Crippen molar-refractivity contribution in [3.8, 4) is 5.75 Å². The second kappa shape index (κ2) is 8.14. The van der Waals surface area contributed by atoms with Crippen molar-refractivity contribution in [1.82, 2.24) is 4.31 Å². The Morgan fingerprint density at radius 3 is 2.83 bits per heavy atom. The van der Waals surface area contributed by atoms with Gasteiger partial charge in [0.1, 0.15) is 5.75 Å². The molecule has 1 amide bonds. The molecule has 29 heavy (non-hydrogen) atoms. The van der Waals surface area contributed by atoms with Crippen LogP contribution in [0, 0.1) is 6.92 Å². The van der Waals surface area contributed by atoms with Crippen molar-refractivity contribution in [3.63, 3.8) is 0 Å². The Hall–Kier alpha value is -2.42. The average Bonchev–Trinajstić information content (AvgIpc) is 3.20. The minimum atomic E-state index is -3.80. The predicted octanol–water partition coefficient (Wildman–Crippen LogP) is 2.70. The zero-order valence-corrected chi connectivity index (χ0v) is 17.1. The molecule has 1 N–H and O–H groups in total. The van der Waals surface area contributed by atoms with E-state index in [-0.39, 0.29) is 36.6 Å². The first-order chi connectivity index (χ1) is 13.9. The van der Waals surface area contributed by atoms with E-state index in [0.717, 1.165) is 24.0 Å². The number of nitrogens with one attached hydrogen (secondary N) is 1. The van der Waals surface area contributed by atoms with Gasteiger partial charge >= 0.3 is 0 Å². The van der Waals surface area contributed by atoms with Crippen LogP contribution >= 0.6 is 0 Å². The minimum absolute atomic E-state index is 0.0718. The molecule has 1 saturated heterocycles. The highest BCUT2D eigenvalue weighted by Crippen LogP contribution is 2.32. The molecule has 2 aliphatic heterocycles. The number of carbonyl (C=O) groups is 1. The van der Waals surface area contributed by atoms with E-state index in [0.29, 0.717) is 18.0 Å². The van der Waals surface area contributed by atoms with Gasteiger partial charge < -0.3 is 14.8 Å². The number of hydrogen-bond donors (Lipinski definition) is 1. The summed E-state index contributed by atoms with van der Waals surface area (Å²) >= 11 is 0. The molecule has 0 spiro atoms. The van der Waals surface area contributed by atoms with E-state index in [9.17, 15) is 13.2 Å². The van der Waals surface area contributed by atoms with E-state index in [4.69, 9.17) is 9.47 Å². The van der Waals surface area contributed by atoms with Crippen LogP contribution in [-0.2, 0) is 26.1 Å². The lowest BCUT2D eigenvalue weighted by atomic mass is 10.1. The third-order valence-corrected chi connectivity index (χ3v) is 6.90. The van der Waals surface area contributed by atoms with E-state index in [1.165, 1.54) is 16.4 Å². The van der Waals surface area contributed by atoms with Crippen molar-refractivity contribution >= 4 is 21.6 Å². The number of benzene rings is 2. The summed E-state index contributed by atoms with van der Waals surface area (Å²) in [6, 6.07) is 12.4. The fourth-order valence-corrected chi connectivity index (χ4v) is 5.14. The molecule has 0 radical (unpaired) electrons. The highest BCUT2D eigenvalue weighted by atomic mass is 32.2. The second-order valence-electron chi connectivity index (χ2n) is 7.42. The lowest BCUT2D eigenvalue weighted by molar-refractivity contribution is -0.118. The van der Waals surface area contributed by atoms with Gasteiger partial charge in [-0.25, -0.2) is 8.42 Å². The van der Waals surface area contributed by atoms with E-state index in [2.05, 4.69) is 5.32 Å². The largest absolute Gasteiger partial charge is 0.482 e.